The van der Waals surface area contributed by atoms with Gasteiger partial charge in [0.05, 0.1) is 57.0 Å². The fraction of sp³-hybridized carbons (Fsp3) is 0.306. The number of carbonyl (C=O) groups excluding carboxylic acids is 1. The molecule has 1 fully saturated rings. The summed E-state index contributed by atoms with van der Waals surface area (Å²) in [4.78, 5) is 31.7. The van der Waals surface area contributed by atoms with Gasteiger partial charge in [-0.2, -0.15) is 10.2 Å². The van der Waals surface area contributed by atoms with E-state index in [0.29, 0.717) is 63.8 Å². The smallest absolute Gasteiger partial charge is 0.338 e. The average molecular weight is 867 g/mol. The minimum atomic E-state index is -1.81. The van der Waals surface area contributed by atoms with Crippen molar-refractivity contribution in [2.45, 2.75) is 77.7 Å². The van der Waals surface area contributed by atoms with Crippen LogP contribution in [0.1, 0.15) is 95.9 Å². The van der Waals surface area contributed by atoms with Gasteiger partial charge in [-0.1, -0.05) is 24.3 Å². The molecule has 8 aromatic rings. The largest absolute Gasteiger partial charge is 0.376 e. The van der Waals surface area contributed by atoms with Crippen LogP contribution in [0.2, 0.25) is 0 Å². The molecular weight excluding hydrogens is 819 g/mol. The molecule has 0 radical (unpaired) electrons. The number of aryl methyl sites for hydroxylation is 3. The molecule has 0 aliphatic carbocycles. The third kappa shape index (κ3) is 6.60. The molecule has 6 heterocycles. The number of aliphatic hydroxyl groups excluding tert-OH is 1. The second-order valence-electron chi connectivity index (χ2n) is 17.7. The zero-order valence-corrected chi connectivity index (χ0v) is 36.4. The summed E-state index contributed by atoms with van der Waals surface area (Å²) in [5, 5.41) is 31.4. The Morgan fingerprint density at radius 3 is 2.41 bits per heavy atom. The number of benzene rings is 4. The van der Waals surface area contributed by atoms with E-state index in [0.717, 1.165) is 29.3 Å². The predicted octanol–water partition coefficient (Wildman–Crippen LogP) is 7.95. The van der Waals surface area contributed by atoms with E-state index in [9.17, 15) is 15.0 Å². The normalized spacial score (nSPS) is 17.5. The number of carbonyl (C=O) groups is 1. The maximum Gasteiger partial charge on any atom is 0.338 e. The van der Waals surface area contributed by atoms with Gasteiger partial charge in [-0.15, -0.1) is 0 Å². The summed E-state index contributed by atoms with van der Waals surface area (Å²) >= 11 is 0. The molecule has 0 spiro atoms. The summed E-state index contributed by atoms with van der Waals surface area (Å²) in [5.41, 5.74) is 5.12. The van der Waals surface area contributed by atoms with Gasteiger partial charge in [0, 0.05) is 55.5 Å². The van der Waals surface area contributed by atoms with E-state index in [2.05, 4.69) is 31.1 Å². The first-order valence-corrected chi connectivity index (χ1v) is 21.5. The third-order valence-corrected chi connectivity index (χ3v) is 13.2. The Bertz CT molecular complexity index is 3220. The Labute approximate surface area is 367 Å². The van der Waals surface area contributed by atoms with Crippen molar-refractivity contribution in [2.24, 2.45) is 7.05 Å². The molecule has 64 heavy (non-hydrogen) atoms. The summed E-state index contributed by atoms with van der Waals surface area (Å²) in [7, 11) is 1.71. The molecule has 2 aliphatic heterocycles. The molecule has 4 aromatic heterocycles. The minimum absolute atomic E-state index is 0.0345. The maximum absolute atomic E-state index is 16.1. The van der Waals surface area contributed by atoms with Crippen LogP contribution in [-0.4, -0.2) is 73.0 Å². The van der Waals surface area contributed by atoms with Crippen LogP contribution in [0.5, 0.6) is 0 Å². The molecule has 15 heteroatoms. The first-order chi connectivity index (χ1) is 30.6. The number of nitrogens with zero attached hydrogens (tertiary/aromatic N) is 8. The van der Waals surface area contributed by atoms with Gasteiger partial charge in [0.2, 0.25) is 0 Å². The quantitative estimate of drug-likeness (QED) is 0.155. The number of amides is 1. The zero-order chi connectivity index (χ0) is 44.9. The molecule has 10 rings (SSSR count). The van der Waals surface area contributed by atoms with Crippen LogP contribution in [0, 0.1) is 25.5 Å². The van der Waals surface area contributed by atoms with Crippen molar-refractivity contribution in [3.05, 3.63) is 153 Å². The van der Waals surface area contributed by atoms with Gasteiger partial charge in [0.15, 0.2) is 12.1 Å². The lowest BCUT2D eigenvalue weighted by Crippen LogP contribution is -2.40. The number of hydrogen-bond donors (Lipinski definition) is 2. The molecule has 328 valence electrons. The van der Waals surface area contributed by atoms with E-state index < -0.39 is 23.8 Å². The SMILES string of the molecule is Cc1cc(-n2nc3c(c2-n2ccn(-c4ccc5c(cnn5C)c4F)c2=O)[C@H](C)N(C(=O)c2cc4cc(C5CCOC(C)(C)C5)ccc4n2-c2ccccc2C(O)O)CC3)cc(C)c1F. The predicted molar refractivity (Wildman–Crippen MR) is 238 cm³/mol. The van der Waals surface area contributed by atoms with Crippen LogP contribution in [-0.2, 0) is 18.2 Å². The lowest BCUT2D eigenvalue weighted by molar-refractivity contribution is -0.0593. The highest BCUT2D eigenvalue weighted by Gasteiger charge is 2.38. The zero-order valence-electron chi connectivity index (χ0n) is 36.4. The van der Waals surface area contributed by atoms with Crippen LogP contribution < -0.4 is 5.69 Å². The number of fused-ring (bicyclic) bond motifs is 3. The molecule has 13 nitrogen and oxygen atoms in total. The van der Waals surface area contributed by atoms with Crippen LogP contribution in [0.25, 0.3) is 44.7 Å². The van der Waals surface area contributed by atoms with Crippen LogP contribution >= 0.6 is 0 Å². The van der Waals surface area contributed by atoms with Gasteiger partial charge in [-0.05, 0) is 119 Å². The second kappa shape index (κ2) is 15.2. The van der Waals surface area contributed by atoms with Crippen LogP contribution in [0.4, 0.5) is 8.78 Å². The summed E-state index contributed by atoms with van der Waals surface area (Å²) in [6.07, 6.45) is 4.67. The number of halogens is 2. The standard InChI is InChI=1S/C49H48F2N8O5/c1-27-21-33(22-28(2)43(27)50)59-45(57-19-18-56(48(57)63)40-14-13-38-35(44(40)51)26-52-54(38)6)42-29(3)55(17-15-36(42)53-59)46(60)41-24-32-23-30(31-16-20-64-49(4,5)25-31)11-12-37(32)58(41)39-10-8-7-9-34(39)47(61)62/h7-14,18-19,21-24,26,29,31,47,61-62H,15-17,20,25H2,1-6H3/t29-,31?/m0/s1. The van der Waals surface area contributed by atoms with Crippen molar-refractivity contribution in [3.63, 3.8) is 0 Å². The topological polar surface area (TPSA) is 138 Å². The Balaban J connectivity index is 1.12. The number of para-hydroxylation sites is 1. The van der Waals surface area contributed by atoms with Crippen molar-refractivity contribution in [3.8, 4) is 22.9 Å². The fourth-order valence-corrected chi connectivity index (χ4v) is 9.96. The van der Waals surface area contributed by atoms with E-state index >= 15 is 13.6 Å². The molecule has 2 aliphatic rings. The van der Waals surface area contributed by atoms with Gasteiger partial charge in [0.25, 0.3) is 5.91 Å². The van der Waals surface area contributed by atoms with E-state index in [-0.39, 0.29) is 46.4 Å². The number of aromatic nitrogens is 7. The Hall–Kier alpha value is -6.68. The molecule has 0 bridgehead atoms. The van der Waals surface area contributed by atoms with Gasteiger partial charge >= 0.3 is 5.69 Å². The highest BCUT2D eigenvalue weighted by Crippen LogP contribution is 2.40. The summed E-state index contributed by atoms with van der Waals surface area (Å²) in [5.74, 6) is -0.708. The molecule has 2 N–H and O–H groups in total. The molecule has 1 saturated heterocycles. The average Bonchev–Trinajstić information content (AvgIpc) is 4.05. The summed E-state index contributed by atoms with van der Waals surface area (Å²) < 4.78 is 44.8. The maximum atomic E-state index is 16.1. The van der Waals surface area contributed by atoms with E-state index in [1.54, 1.807) is 88.4 Å². The molecule has 1 unspecified atom stereocenters. The fourth-order valence-electron chi connectivity index (χ4n) is 9.96. The molecule has 0 saturated carbocycles. The van der Waals surface area contributed by atoms with Crippen molar-refractivity contribution in [1.29, 1.82) is 0 Å². The minimum Gasteiger partial charge on any atom is -0.376 e. The first kappa shape index (κ1) is 41.3. The highest BCUT2D eigenvalue weighted by molar-refractivity contribution is 6.00. The molecular formula is C49H48F2N8O5. The first-order valence-electron chi connectivity index (χ1n) is 21.5. The third-order valence-electron chi connectivity index (χ3n) is 13.2. The van der Waals surface area contributed by atoms with E-state index in [1.807, 2.05) is 19.1 Å². The number of ether oxygens (including phenoxy) is 1. The van der Waals surface area contributed by atoms with Crippen LogP contribution in [0.15, 0.2) is 96.2 Å². The van der Waals surface area contributed by atoms with Crippen molar-refractivity contribution in [2.75, 3.05) is 13.2 Å². The summed E-state index contributed by atoms with van der Waals surface area (Å²) in [6, 6.07) is 20.9. The number of imidazole rings is 1. The van der Waals surface area contributed by atoms with E-state index in [1.165, 1.54) is 27.6 Å². The Kier molecular flexibility index (Phi) is 9.85. The Morgan fingerprint density at radius 1 is 0.922 bits per heavy atom. The number of aliphatic hydroxyl groups is 2. The highest BCUT2D eigenvalue weighted by atomic mass is 19.1. The van der Waals surface area contributed by atoms with Crippen molar-refractivity contribution >= 4 is 27.7 Å². The van der Waals surface area contributed by atoms with Crippen LogP contribution in [0.3, 0.4) is 0 Å². The molecule has 2 atom stereocenters. The summed E-state index contributed by atoms with van der Waals surface area (Å²) in [6.45, 7) is 10.3. The lowest BCUT2D eigenvalue weighted by Gasteiger charge is -2.35. The molecule has 4 aromatic carbocycles. The monoisotopic (exact) mass is 866 g/mol. The Morgan fingerprint density at radius 2 is 1.66 bits per heavy atom. The van der Waals surface area contributed by atoms with Crippen molar-refractivity contribution in [1.82, 2.24) is 38.2 Å². The lowest BCUT2D eigenvalue weighted by atomic mass is 9.83. The number of hydrogen-bond acceptors (Lipinski definition) is 7. The van der Waals surface area contributed by atoms with Gasteiger partial charge in [-0.25, -0.2) is 18.3 Å². The molecule has 1 amide bonds. The number of rotatable bonds is 7. The van der Waals surface area contributed by atoms with Crippen molar-refractivity contribution < 1.29 is 28.5 Å². The van der Waals surface area contributed by atoms with Gasteiger partial charge in [0.1, 0.15) is 17.3 Å². The van der Waals surface area contributed by atoms with E-state index in [4.69, 9.17) is 9.84 Å². The van der Waals surface area contributed by atoms with Gasteiger partial charge in [-0.3, -0.25) is 18.6 Å². The second-order valence-corrected chi connectivity index (χ2v) is 17.7. The van der Waals surface area contributed by atoms with Gasteiger partial charge < -0.3 is 24.4 Å².